The molecular weight excluding hydrogens is 436 g/mol. The van der Waals surface area contributed by atoms with Gasteiger partial charge in [0.2, 0.25) is 0 Å². The average Bonchev–Trinajstić information content (AvgIpc) is 2.67. The normalized spacial score (nSPS) is 14.3. The summed E-state index contributed by atoms with van der Waals surface area (Å²) in [6.07, 6.45) is 1.35. The van der Waals surface area contributed by atoms with Gasteiger partial charge in [-0.25, -0.2) is 9.59 Å². The Morgan fingerprint density at radius 1 is 1.14 bits per heavy atom. The Morgan fingerprint density at radius 2 is 1.75 bits per heavy atom. The molecule has 1 aromatic carbocycles. The van der Waals surface area contributed by atoms with Gasteiger partial charge in [0.1, 0.15) is 5.57 Å². The Hall–Kier alpha value is -2.88. The van der Waals surface area contributed by atoms with Crippen LogP contribution < -0.4 is 9.47 Å². The number of barbiturate groups is 1. The van der Waals surface area contributed by atoms with Gasteiger partial charge >= 0.3 is 12.0 Å². The van der Waals surface area contributed by atoms with Crippen molar-refractivity contribution in [3.8, 4) is 11.5 Å². The maximum absolute atomic E-state index is 12.3. The fourth-order valence-electron chi connectivity index (χ4n) is 2.44. The Kier molecular flexibility index (Phi) is 6.79. The molecule has 0 saturated carbocycles. The third-order valence-electron chi connectivity index (χ3n) is 3.85. The van der Waals surface area contributed by atoms with Gasteiger partial charge < -0.3 is 14.2 Å². The van der Waals surface area contributed by atoms with E-state index >= 15 is 0 Å². The highest BCUT2D eigenvalue weighted by Gasteiger charge is 2.37. The Morgan fingerprint density at radius 3 is 2.29 bits per heavy atom. The molecule has 1 aromatic rings. The van der Waals surface area contributed by atoms with Crippen LogP contribution in [0.4, 0.5) is 4.79 Å². The molecule has 1 fully saturated rings. The van der Waals surface area contributed by atoms with Crippen LogP contribution in [0.1, 0.15) is 12.5 Å². The molecule has 0 spiro atoms. The summed E-state index contributed by atoms with van der Waals surface area (Å²) in [6, 6.07) is 2.43. The highest BCUT2D eigenvalue weighted by atomic mass is 79.9. The molecule has 0 N–H and O–H groups in total. The first-order valence-electron chi connectivity index (χ1n) is 8.19. The summed E-state index contributed by atoms with van der Waals surface area (Å²) < 4.78 is 16.0. The molecule has 1 saturated heterocycles. The van der Waals surface area contributed by atoms with Crippen LogP contribution in [0.15, 0.2) is 22.2 Å². The van der Waals surface area contributed by atoms with Gasteiger partial charge in [-0.15, -0.1) is 0 Å². The third kappa shape index (κ3) is 4.33. The lowest BCUT2D eigenvalue weighted by Crippen LogP contribution is -2.52. The van der Waals surface area contributed by atoms with Crippen LogP contribution >= 0.6 is 15.9 Å². The second-order valence-corrected chi connectivity index (χ2v) is 6.55. The van der Waals surface area contributed by atoms with Crippen LogP contribution in [-0.4, -0.2) is 68.0 Å². The van der Waals surface area contributed by atoms with Crippen LogP contribution in [0.25, 0.3) is 6.08 Å². The number of halogens is 1. The number of hydrogen-bond donors (Lipinski definition) is 0. The first-order chi connectivity index (χ1) is 13.2. The summed E-state index contributed by atoms with van der Waals surface area (Å²) >= 11 is 3.33. The maximum Gasteiger partial charge on any atom is 0.344 e. The number of hydrogen-bond acceptors (Lipinski definition) is 7. The van der Waals surface area contributed by atoms with Crippen LogP contribution in [-0.2, 0) is 19.1 Å². The summed E-state index contributed by atoms with van der Waals surface area (Å²) in [7, 11) is 4.00. The molecule has 0 bridgehead atoms. The number of imide groups is 2. The van der Waals surface area contributed by atoms with Gasteiger partial charge in [-0.2, -0.15) is 0 Å². The molecule has 4 amide bonds. The number of carbonyl (C=O) groups excluding carboxylic acids is 4. The number of amides is 4. The number of rotatable bonds is 6. The van der Waals surface area contributed by atoms with Crippen molar-refractivity contribution in [1.82, 2.24) is 9.80 Å². The number of urea groups is 1. The standard InChI is InChI=1S/C18H19BrN2O7/c1-5-27-14(22)9-28-15-12(19)7-10(8-13(15)26-4)6-11-16(23)20(2)18(25)21(3)17(11)24/h6-8H,5,9H2,1-4H3. The molecule has 2 rings (SSSR count). The lowest BCUT2D eigenvalue weighted by Gasteiger charge is -2.28. The summed E-state index contributed by atoms with van der Waals surface area (Å²) in [5, 5.41) is 0. The Balaban J connectivity index is 2.37. The third-order valence-corrected chi connectivity index (χ3v) is 4.44. The van der Waals surface area contributed by atoms with Crippen LogP contribution in [0.2, 0.25) is 0 Å². The van der Waals surface area contributed by atoms with Gasteiger partial charge in [0, 0.05) is 14.1 Å². The maximum atomic E-state index is 12.3. The quantitative estimate of drug-likeness (QED) is 0.367. The molecule has 9 nitrogen and oxygen atoms in total. The second-order valence-electron chi connectivity index (χ2n) is 5.70. The molecular formula is C18H19BrN2O7. The van der Waals surface area contributed by atoms with Crippen LogP contribution in [0.3, 0.4) is 0 Å². The van der Waals surface area contributed by atoms with E-state index in [9.17, 15) is 19.2 Å². The zero-order valence-corrected chi connectivity index (χ0v) is 17.4. The van der Waals surface area contributed by atoms with Crippen molar-refractivity contribution in [2.75, 3.05) is 34.4 Å². The van der Waals surface area contributed by atoms with Crippen molar-refractivity contribution in [1.29, 1.82) is 0 Å². The molecule has 0 aromatic heterocycles. The smallest absolute Gasteiger partial charge is 0.344 e. The summed E-state index contributed by atoms with van der Waals surface area (Å²) in [6.45, 7) is 1.62. The molecule has 1 aliphatic rings. The number of nitrogens with zero attached hydrogens (tertiary/aromatic N) is 2. The Labute approximate surface area is 169 Å². The lowest BCUT2D eigenvalue weighted by molar-refractivity contribution is -0.145. The topological polar surface area (TPSA) is 102 Å². The SMILES string of the molecule is CCOC(=O)COc1c(Br)cc(C=C2C(=O)N(C)C(=O)N(C)C2=O)cc1OC. The van der Waals surface area contributed by atoms with E-state index in [2.05, 4.69) is 15.9 Å². The zero-order chi connectivity index (χ0) is 21.0. The van der Waals surface area contributed by atoms with Crippen molar-refractivity contribution in [2.45, 2.75) is 6.92 Å². The van der Waals surface area contributed by atoms with Crippen molar-refractivity contribution < 1.29 is 33.4 Å². The minimum absolute atomic E-state index is 0.168. The second kappa shape index (κ2) is 8.87. The molecule has 0 unspecified atom stereocenters. The number of esters is 1. The molecule has 0 aliphatic carbocycles. The highest BCUT2D eigenvalue weighted by Crippen LogP contribution is 2.37. The van der Waals surface area contributed by atoms with E-state index in [0.29, 0.717) is 10.0 Å². The predicted octanol–water partition coefficient (Wildman–Crippen LogP) is 1.83. The minimum atomic E-state index is -0.703. The first kappa shape index (κ1) is 21.4. The summed E-state index contributed by atoms with van der Waals surface area (Å²) in [5.74, 6) is -1.39. The lowest BCUT2D eigenvalue weighted by atomic mass is 10.1. The number of ether oxygens (including phenoxy) is 3. The van der Waals surface area contributed by atoms with E-state index in [4.69, 9.17) is 14.2 Å². The van der Waals surface area contributed by atoms with Crippen molar-refractivity contribution in [2.24, 2.45) is 0 Å². The molecule has 0 radical (unpaired) electrons. The van der Waals surface area contributed by atoms with E-state index in [0.717, 1.165) is 9.80 Å². The minimum Gasteiger partial charge on any atom is -0.493 e. The fraction of sp³-hybridized carbons (Fsp3) is 0.333. The average molecular weight is 455 g/mol. The molecule has 10 heteroatoms. The van der Waals surface area contributed by atoms with E-state index in [1.165, 1.54) is 33.3 Å². The molecule has 150 valence electrons. The first-order valence-corrected chi connectivity index (χ1v) is 8.98. The molecule has 1 heterocycles. The molecule has 0 atom stereocenters. The fourth-order valence-corrected chi connectivity index (χ4v) is 3.01. The summed E-state index contributed by atoms with van der Waals surface area (Å²) in [5.41, 5.74) is 0.291. The van der Waals surface area contributed by atoms with Gasteiger partial charge in [-0.05, 0) is 46.6 Å². The number of benzene rings is 1. The van der Waals surface area contributed by atoms with E-state index in [1.54, 1.807) is 13.0 Å². The van der Waals surface area contributed by atoms with Gasteiger partial charge in [-0.3, -0.25) is 19.4 Å². The number of likely N-dealkylation sites (N-methyl/N-ethyl adjacent to an activating group) is 2. The number of methoxy groups -OCH3 is 1. The van der Waals surface area contributed by atoms with Gasteiger partial charge in [-0.1, -0.05) is 0 Å². The number of carbonyl (C=O) groups is 4. The van der Waals surface area contributed by atoms with E-state index in [1.807, 2.05) is 0 Å². The van der Waals surface area contributed by atoms with E-state index in [-0.39, 0.29) is 30.3 Å². The van der Waals surface area contributed by atoms with Crippen molar-refractivity contribution in [3.05, 3.63) is 27.7 Å². The van der Waals surface area contributed by atoms with Gasteiger partial charge in [0.25, 0.3) is 11.8 Å². The Bertz CT molecular complexity index is 840. The molecule has 1 aliphatic heterocycles. The predicted molar refractivity (Wildman–Crippen MR) is 102 cm³/mol. The van der Waals surface area contributed by atoms with Crippen molar-refractivity contribution in [3.63, 3.8) is 0 Å². The van der Waals surface area contributed by atoms with Gasteiger partial charge in [0.05, 0.1) is 18.2 Å². The monoisotopic (exact) mass is 454 g/mol. The zero-order valence-electron chi connectivity index (χ0n) is 15.8. The van der Waals surface area contributed by atoms with Crippen molar-refractivity contribution >= 4 is 45.8 Å². The van der Waals surface area contributed by atoms with Crippen LogP contribution in [0, 0.1) is 0 Å². The largest absolute Gasteiger partial charge is 0.493 e. The molecule has 28 heavy (non-hydrogen) atoms. The summed E-state index contributed by atoms with van der Waals surface area (Å²) in [4.78, 5) is 49.6. The van der Waals surface area contributed by atoms with Crippen LogP contribution in [0.5, 0.6) is 11.5 Å². The van der Waals surface area contributed by atoms with E-state index < -0.39 is 23.8 Å². The van der Waals surface area contributed by atoms with Gasteiger partial charge in [0.15, 0.2) is 18.1 Å². The highest BCUT2D eigenvalue weighted by molar-refractivity contribution is 9.10.